The van der Waals surface area contributed by atoms with Crippen LogP contribution < -0.4 is 5.32 Å². The van der Waals surface area contributed by atoms with Crippen LogP contribution in [-0.2, 0) is 14.3 Å². The zero-order valence-electron chi connectivity index (χ0n) is 43.7. The Labute approximate surface area is 405 Å². The standard InChI is InChI=1S/C59H113NO5/c1-3-5-7-9-11-13-15-17-18-19-20-21-22-23-24-25-26-28-31-35-39-43-47-51-57(62)56(55-61)60-58(63)52-48-44-40-36-32-29-27-30-34-38-42-46-50-54-65-59(64)53-49-45-41-37-33-16-14-12-10-8-6-4-2/h12,14,47,51,56-57,61-62H,3-11,13,15-46,48-50,52-55H2,1-2H3,(H,60,63)/b14-12-,51-47+. The van der Waals surface area contributed by atoms with E-state index in [1.165, 1.54) is 231 Å². The Balaban J connectivity index is 3.49. The van der Waals surface area contributed by atoms with Crippen molar-refractivity contribution in [2.75, 3.05) is 13.2 Å². The summed E-state index contributed by atoms with van der Waals surface area (Å²) >= 11 is 0. The van der Waals surface area contributed by atoms with Gasteiger partial charge in [0.25, 0.3) is 0 Å². The second-order valence-electron chi connectivity index (χ2n) is 20.0. The van der Waals surface area contributed by atoms with Crippen molar-refractivity contribution in [3.8, 4) is 0 Å². The summed E-state index contributed by atoms with van der Waals surface area (Å²) in [4.78, 5) is 24.5. The van der Waals surface area contributed by atoms with Crippen LogP contribution >= 0.6 is 0 Å². The van der Waals surface area contributed by atoms with E-state index in [2.05, 4.69) is 31.3 Å². The molecule has 0 spiro atoms. The summed E-state index contributed by atoms with van der Waals surface area (Å²) in [6, 6.07) is -0.638. The Morgan fingerprint density at radius 3 is 1.12 bits per heavy atom. The number of aliphatic hydroxyl groups is 2. The number of carbonyl (C=O) groups excluding carboxylic acids is 2. The van der Waals surface area contributed by atoms with Crippen molar-refractivity contribution in [1.29, 1.82) is 0 Å². The van der Waals surface area contributed by atoms with E-state index in [9.17, 15) is 19.8 Å². The third kappa shape index (κ3) is 51.6. The summed E-state index contributed by atoms with van der Waals surface area (Å²) in [6.07, 6.45) is 66.2. The number of ether oxygens (including phenoxy) is 1. The van der Waals surface area contributed by atoms with Crippen molar-refractivity contribution in [3.63, 3.8) is 0 Å². The first-order chi connectivity index (χ1) is 32.0. The zero-order chi connectivity index (χ0) is 47.2. The number of esters is 1. The molecular weight excluding hydrogens is 803 g/mol. The van der Waals surface area contributed by atoms with Crippen molar-refractivity contribution in [1.82, 2.24) is 5.32 Å². The number of aliphatic hydroxyl groups excluding tert-OH is 2. The molecule has 2 atom stereocenters. The van der Waals surface area contributed by atoms with E-state index in [0.29, 0.717) is 19.4 Å². The molecule has 0 aromatic heterocycles. The predicted molar refractivity (Wildman–Crippen MR) is 283 cm³/mol. The van der Waals surface area contributed by atoms with Gasteiger partial charge in [-0.15, -0.1) is 0 Å². The number of hydrogen-bond donors (Lipinski definition) is 3. The molecule has 0 aromatic carbocycles. The van der Waals surface area contributed by atoms with E-state index in [4.69, 9.17) is 4.74 Å². The van der Waals surface area contributed by atoms with Gasteiger partial charge in [0.15, 0.2) is 0 Å². The quantitative estimate of drug-likeness (QED) is 0.0321. The van der Waals surface area contributed by atoms with E-state index >= 15 is 0 Å². The summed E-state index contributed by atoms with van der Waals surface area (Å²) in [5.41, 5.74) is 0. The van der Waals surface area contributed by atoms with E-state index in [1.54, 1.807) is 6.08 Å². The van der Waals surface area contributed by atoms with Gasteiger partial charge in [0, 0.05) is 12.8 Å². The molecule has 6 heteroatoms. The monoisotopic (exact) mass is 916 g/mol. The number of unbranched alkanes of at least 4 members (excludes halogenated alkanes) is 41. The second-order valence-corrected chi connectivity index (χ2v) is 20.0. The number of hydrogen-bond acceptors (Lipinski definition) is 5. The Bertz CT molecular complexity index is 1010. The average molecular weight is 917 g/mol. The van der Waals surface area contributed by atoms with Crippen molar-refractivity contribution < 1.29 is 24.5 Å². The fraction of sp³-hybridized carbons (Fsp3) is 0.898. The molecule has 0 saturated carbocycles. The van der Waals surface area contributed by atoms with Gasteiger partial charge in [-0.3, -0.25) is 9.59 Å². The van der Waals surface area contributed by atoms with Gasteiger partial charge < -0.3 is 20.3 Å². The zero-order valence-corrected chi connectivity index (χ0v) is 43.7. The molecule has 0 fully saturated rings. The molecule has 2 unspecified atom stereocenters. The Morgan fingerprint density at radius 1 is 0.415 bits per heavy atom. The van der Waals surface area contributed by atoms with Gasteiger partial charge in [0.1, 0.15) is 0 Å². The van der Waals surface area contributed by atoms with Crippen LogP contribution in [0.25, 0.3) is 0 Å². The van der Waals surface area contributed by atoms with Crippen LogP contribution in [0.3, 0.4) is 0 Å². The Hall–Kier alpha value is -1.66. The molecule has 0 saturated heterocycles. The normalized spacial score (nSPS) is 12.7. The van der Waals surface area contributed by atoms with Gasteiger partial charge in [-0.1, -0.05) is 269 Å². The van der Waals surface area contributed by atoms with Gasteiger partial charge in [0.05, 0.1) is 25.4 Å². The van der Waals surface area contributed by atoms with Crippen LogP contribution in [0, 0.1) is 0 Å². The van der Waals surface area contributed by atoms with Gasteiger partial charge in [-0.05, 0) is 57.8 Å². The molecule has 0 rings (SSSR count). The van der Waals surface area contributed by atoms with Crippen molar-refractivity contribution in [3.05, 3.63) is 24.3 Å². The first-order valence-corrected chi connectivity index (χ1v) is 29.1. The minimum atomic E-state index is -0.854. The topological polar surface area (TPSA) is 95.9 Å². The first-order valence-electron chi connectivity index (χ1n) is 29.1. The average Bonchev–Trinajstić information content (AvgIpc) is 3.31. The molecule has 1 amide bonds. The molecule has 0 bridgehead atoms. The summed E-state index contributed by atoms with van der Waals surface area (Å²) in [5.74, 6) is -0.0948. The van der Waals surface area contributed by atoms with Crippen molar-refractivity contribution in [2.45, 2.75) is 328 Å². The SMILES string of the molecule is CCCCC/C=C\CCCCCCCC(=O)OCCCCCCCCCCCCCCCC(=O)NC(CO)C(O)/C=C/CCCCCCCCCCCCCCCCCCCCCCC. The summed E-state index contributed by atoms with van der Waals surface area (Å²) in [5, 5.41) is 23.2. The molecular formula is C59H113NO5. The number of amides is 1. The lowest BCUT2D eigenvalue weighted by Crippen LogP contribution is -2.45. The molecule has 0 heterocycles. The predicted octanol–water partition coefficient (Wildman–Crippen LogP) is 17.9. The van der Waals surface area contributed by atoms with Gasteiger partial charge >= 0.3 is 5.97 Å². The first kappa shape index (κ1) is 63.3. The van der Waals surface area contributed by atoms with Gasteiger partial charge in [-0.25, -0.2) is 0 Å². The van der Waals surface area contributed by atoms with Crippen LogP contribution in [0.4, 0.5) is 0 Å². The van der Waals surface area contributed by atoms with E-state index in [-0.39, 0.29) is 18.5 Å². The van der Waals surface area contributed by atoms with E-state index in [1.807, 2.05) is 6.08 Å². The third-order valence-corrected chi connectivity index (χ3v) is 13.5. The molecule has 3 N–H and O–H groups in total. The maximum Gasteiger partial charge on any atom is 0.305 e. The van der Waals surface area contributed by atoms with E-state index < -0.39 is 12.1 Å². The number of nitrogens with one attached hydrogen (secondary N) is 1. The maximum atomic E-state index is 12.5. The summed E-state index contributed by atoms with van der Waals surface area (Å²) < 4.78 is 5.45. The Kier molecular flexibility index (Phi) is 53.5. The van der Waals surface area contributed by atoms with Crippen molar-refractivity contribution >= 4 is 11.9 Å². The summed E-state index contributed by atoms with van der Waals surface area (Å²) in [6.45, 7) is 4.87. The molecule has 6 nitrogen and oxygen atoms in total. The third-order valence-electron chi connectivity index (χ3n) is 13.5. The molecule has 0 aliphatic carbocycles. The molecule has 65 heavy (non-hydrogen) atoms. The second kappa shape index (κ2) is 54.9. The van der Waals surface area contributed by atoms with Crippen LogP contribution in [0.5, 0.6) is 0 Å². The Morgan fingerprint density at radius 2 is 0.723 bits per heavy atom. The number of rotatable bonds is 54. The van der Waals surface area contributed by atoms with Gasteiger partial charge in [-0.2, -0.15) is 0 Å². The highest BCUT2D eigenvalue weighted by Crippen LogP contribution is 2.17. The lowest BCUT2D eigenvalue weighted by atomic mass is 10.0. The molecule has 0 radical (unpaired) electrons. The molecule has 0 aromatic rings. The maximum absolute atomic E-state index is 12.5. The number of carbonyl (C=O) groups is 2. The van der Waals surface area contributed by atoms with Crippen LogP contribution in [0.15, 0.2) is 24.3 Å². The molecule has 0 aliphatic rings. The van der Waals surface area contributed by atoms with Crippen LogP contribution in [0.1, 0.15) is 316 Å². The smallest absolute Gasteiger partial charge is 0.305 e. The number of allylic oxidation sites excluding steroid dienone is 3. The van der Waals surface area contributed by atoms with E-state index in [0.717, 1.165) is 57.8 Å². The minimum absolute atomic E-state index is 0.0164. The van der Waals surface area contributed by atoms with Crippen LogP contribution in [0.2, 0.25) is 0 Å². The lowest BCUT2D eigenvalue weighted by Gasteiger charge is -2.20. The minimum Gasteiger partial charge on any atom is -0.466 e. The van der Waals surface area contributed by atoms with Crippen LogP contribution in [-0.4, -0.2) is 47.4 Å². The lowest BCUT2D eigenvalue weighted by molar-refractivity contribution is -0.143. The molecule has 384 valence electrons. The highest BCUT2D eigenvalue weighted by Gasteiger charge is 2.18. The fourth-order valence-corrected chi connectivity index (χ4v) is 8.98. The summed E-state index contributed by atoms with van der Waals surface area (Å²) in [7, 11) is 0. The van der Waals surface area contributed by atoms with Crippen molar-refractivity contribution in [2.24, 2.45) is 0 Å². The molecule has 0 aliphatic heterocycles. The highest BCUT2D eigenvalue weighted by molar-refractivity contribution is 5.76. The highest BCUT2D eigenvalue weighted by atomic mass is 16.5. The van der Waals surface area contributed by atoms with Gasteiger partial charge in [0.2, 0.25) is 5.91 Å². The largest absolute Gasteiger partial charge is 0.466 e. The fourth-order valence-electron chi connectivity index (χ4n) is 8.98.